The van der Waals surface area contributed by atoms with Crippen LogP contribution in [0.2, 0.25) is 5.15 Å². The largest absolute Gasteiger partial charge is 0.377 e. The van der Waals surface area contributed by atoms with E-state index >= 15 is 0 Å². The van der Waals surface area contributed by atoms with Crippen molar-refractivity contribution in [3.05, 3.63) is 27.7 Å². The summed E-state index contributed by atoms with van der Waals surface area (Å²) in [7, 11) is 1.67. The topological polar surface area (TPSA) is 83.1 Å². The molecule has 1 amide bonds. The van der Waals surface area contributed by atoms with E-state index < -0.39 is 0 Å². The second kappa shape index (κ2) is 7.72. The van der Waals surface area contributed by atoms with Gasteiger partial charge in [0.2, 0.25) is 0 Å². The van der Waals surface area contributed by atoms with Crippen LogP contribution >= 0.6 is 22.9 Å². The van der Waals surface area contributed by atoms with Gasteiger partial charge in [0, 0.05) is 31.3 Å². The number of aryl methyl sites for hydroxylation is 2. The van der Waals surface area contributed by atoms with Crippen molar-refractivity contribution >= 4 is 34.0 Å². The van der Waals surface area contributed by atoms with Gasteiger partial charge in [0.25, 0.3) is 5.91 Å². The van der Waals surface area contributed by atoms with Crippen LogP contribution in [0.3, 0.4) is 0 Å². The smallest absolute Gasteiger partial charge is 0.287 e. The van der Waals surface area contributed by atoms with Crippen molar-refractivity contribution in [1.82, 2.24) is 20.3 Å². The molecule has 1 fully saturated rings. The molecule has 1 saturated heterocycles. The van der Waals surface area contributed by atoms with E-state index in [-0.39, 0.29) is 23.9 Å². The fourth-order valence-electron chi connectivity index (χ4n) is 2.95. The average molecular weight is 384 g/mol. The molecule has 2 aromatic rings. The Morgan fingerprint density at radius 3 is 3.00 bits per heavy atom. The molecule has 1 aliphatic heterocycles. The number of nitrogens with zero attached hydrogens (tertiary/aromatic N) is 3. The lowest BCUT2D eigenvalue weighted by Gasteiger charge is -2.37. The summed E-state index contributed by atoms with van der Waals surface area (Å²) in [5, 5.41) is 4.36. The number of methoxy groups -OCH3 is 1. The number of amides is 1. The molecule has 136 valence electrons. The molecule has 3 rings (SSSR count). The summed E-state index contributed by atoms with van der Waals surface area (Å²) in [4.78, 5) is 27.4. The number of anilines is 1. The van der Waals surface area contributed by atoms with Gasteiger partial charge in [0.05, 0.1) is 17.8 Å². The summed E-state index contributed by atoms with van der Waals surface area (Å²) in [6, 6.07) is -0.0799. The standard InChI is InChI=1S/C16H22ClN5O2S/c1-4-10-13(17)21-14(19-10)15(23)20-11-5-6-22(8-12(11)24-3)16-18-7-9(2)25-16/h7,11-12H,4-6,8H2,1-3H3,(H,19,21)(H,20,23)/t11-,12+/m1/s1. The van der Waals surface area contributed by atoms with E-state index in [0.717, 1.165) is 23.8 Å². The Morgan fingerprint density at radius 1 is 1.60 bits per heavy atom. The van der Waals surface area contributed by atoms with Gasteiger partial charge in [-0.1, -0.05) is 18.5 Å². The lowest BCUT2D eigenvalue weighted by atomic mass is 10.0. The Hall–Kier alpha value is -1.64. The van der Waals surface area contributed by atoms with Gasteiger partial charge in [0.1, 0.15) is 0 Å². The van der Waals surface area contributed by atoms with Gasteiger partial charge >= 0.3 is 0 Å². The zero-order valence-corrected chi connectivity index (χ0v) is 16.1. The van der Waals surface area contributed by atoms with E-state index in [0.29, 0.717) is 18.1 Å². The lowest BCUT2D eigenvalue weighted by Crippen LogP contribution is -2.55. The first-order valence-electron chi connectivity index (χ1n) is 8.27. The summed E-state index contributed by atoms with van der Waals surface area (Å²) in [6.45, 7) is 5.50. The highest BCUT2D eigenvalue weighted by atomic mass is 35.5. The number of thiazole rings is 1. The van der Waals surface area contributed by atoms with Crippen molar-refractivity contribution in [2.45, 2.75) is 38.8 Å². The van der Waals surface area contributed by atoms with Gasteiger partial charge in [0.15, 0.2) is 16.1 Å². The number of rotatable bonds is 5. The molecular weight excluding hydrogens is 362 g/mol. The van der Waals surface area contributed by atoms with E-state index in [1.54, 1.807) is 18.4 Å². The van der Waals surface area contributed by atoms with E-state index in [2.05, 4.69) is 25.2 Å². The minimum Gasteiger partial charge on any atom is -0.377 e. The SMILES string of the molecule is CCc1[nH]c(C(=O)N[C@@H]2CCN(c3ncc(C)s3)C[C@@H]2OC)nc1Cl. The number of aromatic nitrogens is 3. The molecule has 0 radical (unpaired) electrons. The van der Waals surface area contributed by atoms with Gasteiger partial charge < -0.3 is 19.9 Å². The van der Waals surface area contributed by atoms with Gasteiger partial charge in [-0.2, -0.15) is 0 Å². The molecule has 2 atom stereocenters. The van der Waals surface area contributed by atoms with Crippen LogP contribution in [0.25, 0.3) is 0 Å². The van der Waals surface area contributed by atoms with Crippen molar-refractivity contribution in [2.75, 3.05) is 25.1 Å². The fraction of sp³-hybridized carbons (Fsp3) is 0.562. The predicted octanol–water partition coefficient (Wildman–Crippen LogP) is 2.41. The molecule has 0 unspecified atom stereocenters. The maximum atomic E-state index is 12.5. The summed E-state index contributed by atoms with van der Waals surface area (Å²) in [5.74, 6) is -0.0122. The molecule has 2 aromatic heterocycles. The normalized spacial score (nSPS) is 20.7. The third-order valence-electron chi connectivity index (χ3n) is 4.35. The van der Waals surface area contributed by atoms with Crippen LogP contribution in [0.15, 0.2) is 6.20 Å². The molecule has 0 aromatic carbocycles. The van der Waals surface area contributed by atoms with Crippen molar-refractivity contribution in [3.8, 4) is 0 Å². The monoisotopic (exact) mass is 383 g/mol. The number of nitrogens with one attached hydrogen (secondary N) is 2. The summed E-state index contributed by atoms with van der Waals surface area (Å²) < 4.78 is 5.61. The molecule has 0 bridgehead atoms. The zero-order chi connectivity index (χ0) is 18.0. The first-order chi connectivity index (χ1) is 12.0. The minimum absolute atomic E-state index is 0.0799. The lowest BCUT2D eigenvalue weighted by molar-refractivity contribution is 0.0538. The highest BCUT2D eigenvalue weighted by molar-refractivity contribution is 7.15. The van der Waals surface area contributed by atoms with E-state index in [4.69, 9.17) is 16.3 Å². The molecule has 0 saturated carbocycles. The van der Waals surface area contributed by atoms with Crippen molar-refractivity contribution in [3.63, 3.8) is 0 Å². The number of halogens is 1. The molecule has 2 N–H and O–H groups in total. The first kappa shape index (κ1) is 18.2. The van der Waals surface area contributed by atoms with Crippen molar-refractivity contribution in [1.29, 1.82) is 0 Å². The van der Waals surface area contributed by atoms with E-state index in [9.17, 15) is 4.79 Å². The Labute approximate surface area is 155 Å². The van der Waals surface area contributed by atoms with Crippen molar-refractivity contribution < 1.29 is 9.53 Å². The Bertz CT molecular complexity index is 747. The van der Waals surface area contributed by atoms with Gasteiger partial charge in [-0.25, -0.2) is 9.97 Å². The number of hydrogen-bond donors (Lipinski definition) is 2. The number of aromatic amines is 1. The molecule has 25 heavy (non-hydrogen) atoms. The predicted molar refractivity (Wildman–Crippen MR) is 98.7 cm³/mol. The molecule has 0 aliphatic carbocycles. The van der Waals surface area contributed by atoms with Gasteiger partial charge in [-0.3, -0.25) is 4.79 Å². The van der Waals surface area contributed by atoms with Crippen LogP contribution in [-0.2, 0) is 11.2 Å². The number of imidazole rings is 1. The highest BCUT2D eigenvalue weighted by Gasteiger charge is 2.32. The Morgan fingerprint density at radius 2 is 2.40 bits per heavy atom. The van der Waals surface area contributed by atoms with Gasteiger partial charge in [-0.05, 0) is 19.8 Å². The summed E-state index contributed by atoms with van der Waals surface area (Å²) in [5.41, 5.74) is 0.768. The molecule has 0 spiro atoms. The number of ether oxygens (including phenoxy) is 1. The molecule has 7 nitrogen and oxygen atoms in total. The van der Waals surface area contributed by atoms with E-state index in [1.807, 2.05) is 20.0 Å². The Kier molecular flexibility index (Phi) is 5.61. The third-order valence-corrected chi connectivity index (χ3v) is 5.64. The number of hydrogen-bond acceptors (Lipinski definition) is 6. The number of piperidine rings is 1. The van der Waals surface area contributed by atoms with Crippen LogP contribution in [0, 0.1) is 6.92 Å². The maximum Gasteiger partial charge on any atom is 0.287 e. The molecule has 1 aliphatic rings. The number of carbonyl (C=O) groups is 1. The van der Waals surface area contributed by atoms with E-state index in [1.165, 1.54) is 4.88 Å². The quantitative estimate of drug-likeness (QED) is 0.828. The minimum atomic E-state index is -0.257. The van der Waals surface area contributed by atoms with Crippen molar-refractivity contribution in [2.24, 2.45) is 0 Å². The maximum absolute atomic E-state index is 12.5. The summed E-state index contributed by atoms with van der Waals surface area (Å²) in [6.07, 6.45) is 3.24. The number of H-pyrrole nitrogens is 1. The first-order valence-corrected chi connectivity index (χ1v) is 9.46. The zero-order valence-electron chi connectivity index (χ0n) is 14.5. The highest BCUT2D eigenvalue weighted by Crippen LogP contribution is 2.26. The summed E-state index contributed by atoms with van der Waals surface area (Å²) >= 11 is 7.69. The Balaban J connectivity index is 1.65. The van der Waals surface area contributed by atoms with Crippen LogP contribution in [0.1, 0.15) is 34.5 Å². The fourth-order valence-corrected chi connectivity index (χ4v) is 4.01. The third kappa shape index (κ3) is 3.96. The van der Waals surface area contributed by atoms with Gasteiger partial charge in [-0.15, -0.1) is 11.3 Å². The number of carbonyl (C=O) groups excluding carboxylic acids is 1. The molecule has 3 heterocycles. The van der Waals surface area contributed by atoms with Crippen LogP contribution in [0.4, 0.5) is 5.13 Å². The second-order valence-corrected chi connectivity index (χ2v) is 7.62. The van der Waals surface area contributed by atoms with Crippen LogP contribution < -0.4 is 10.2 Å². The molecular formula is C16H22ClN5O2S. The molecule has 9 heteroatoms. The van der Waals surface area contributed by atoms with Crippen LogP contribution in [0.5, 0.6) is 0 Å². The van der Waals surface area contributed by atoms with Crippen LogP contribution in [-0.4, -0.2) is 53.2 Å². The second-order valence-electron chi connectivity index (χ2n) is 6.05. The average Bonchev–Trinajstić information content (AvgIpc) is 3.20.